The molecule has 0 N–H and O–H groups in total. The smallest absolute Gasteiger partial charge is 0.203 e. The predicted octanol–water partition coefficient (Wildman–Crippen LogP) is 2.91. The lowest BCUT2D eigenvalue weighted by Gasteiger charge is -2.44. The van der Waals surface area contributed by atoms with Gasteiger partial charge in [0.05, 0.1) is 12.2 Å². The standard InChI is InChI=1S/C18H23NO3/c20-17-12-22-18-10-14(6-7-15(17)18)21-11-13-4-3-9-19-8-2-1-5-16(13)19/h6-7,10,13,16H,1-5,8-9,11-12H2/t13-,16+/m0/s1. The molecule has 0 aromatic heterocycles. The van der Waals surface area contributed by atoms with Gasteiger partial charge in [-0.1, -0.05) is 6.42 Å². The van der Waals surface area contributed by atoms with E-state index in [0.29, 0.717) is 23.3 Å². The topological polar surface area (TPSA) is 38.8 Å². The summed E-state index contributed by atoms with van der Waals surface area (Å²) in [7, 11) is 0. The van der Waals surface area contributed by atoms with Crippen molar-refractivity contribution in [3.8, 4) is 11.5 Å². The van der Waals surface area contributed by atoms with E-state index >= 15 is 0 Å². The van der Waals surface area contributed by atoms with E-state index in [4.69, 9.17) is 9.47 Å². The van der Waals surface area contributed by atoms with E-state index in [9.17, 15) is 4.79 Å². The summed E-state index contributed by atoms with van der Waals surface area (Å²) in [5, 5.41) is 0. The Labute approximate surface area is 131 Å². The molecule has 0 amide bonds. The van der Waals surface area contributed by atoms with Gasteiger partial charge in [0, 0.05) is 18.0 Å². The monoisotopic (exact) mass is 301 g/mol. The molecule has 2 saturated heterocycles. The van der Waals surface area contributed by atoms with Crippen molar-refractivity contribution in [1.82, 2.24) is 4.90 Å². The van der Waals surface area contributed by atoms with Crippen molar-refractivity contribution in [3.63, 3.8) is 0 Å². The van der Waals surface area contributed by atoms with Crippen LogP contribution < -0.4 is 9.47 Å². The van der Waals surface area contributed by atoms with Crippen molar-refractivity contribution in [3.05, 3.63) is 23.8 Å². The van der Waals surface area contributed by atoms with Crippen LogP contribution in [0.1, 0.15) is 42.5 Å². The van der Waals surface area contributed by atoms with Gasteiger partial charge in [-0.3, -0.25) is 9.69 Å². The molecule has 0 radical (unpaired) electrons. The average molecular weight is 301 g/mol. The zero-order valence-electron chi connectivity index (χ0n) is 12.9. The first kappa shape index (κ1) is 14.1. The predicted molar refractivity (Wildman–Crippen MR) is 83.7 cm³/mol. The number of hydrogen-bond donors (Lipinski definition) is 0. The second kappa shape index (κ2) is 5.92. The third kappa shape index (κ3) is 2.60. The highest BCUT2D eigenvalue weighted by Gasteiger charge is 2.33. The van der Waals surface area contributed by atoms with Gasteiger partial charge >= 0.3 is 0 Å². The number of benzene rings is 1. The van der Waals surface area contributed by atoms with E-state index in [1.807, 2.05) is 18.2 Å². The van der Waals surface area contributed by atoms with Crippen LogP contribution in [-0.4, -0.2) is 43.0 Å². The fourth-order valence-electron chi connectivity index (χ4n) is 4.14. The molecule has 1 aromatic rings. The first-order chi connectivity index (χ1) is 10.8. The minimum absolute atomic E-state index is 0.0617. The molecule has 0 saturated carbocycles. The number of nitrogens with zero attached hydrogens (tertiary/aromatic N) is 1. The number of rotatable bonds is 3. The Balaban J connectivity index is 1.41. The average Bonchev–Trinajstić information content (AvgIpc) is 2.93. The number of ether oxygens (including phenoxy) is 2. The van der Waals surface area contributed by atoms with Crippen molar-refractivity contribution < 1.29 is 14.3 Å². The van der Waals surface area contributed by atoms with Crippen molar-refractivity contribution in [2.75, 3.05) is 26.3 Å². The Morgan fingerprint density at radius 1 is 1.18 bits per heavy atom. The second-order valence-electron chi connectivity index (χ2n) is 6.68. The van der Waals surface area contributed by atoms with Crippen LogP contribution in [0.2, 0.25) is 0 Å². The van der Waals surface area contributed by atoms with Crippen molar-refractivity contribution in [2.45, 2.75) is 38.1 Å². The summed E-state index contributed by atoms with van der Waals surface area (Å²) in [6.45, 7) is 3.46. The number of Topliss-reactive ketones (excluding diaryl/α,β-unsaturated/α-hetero) is 1. The van der Waals surface area contributed by atoms with Gasteiger partial charge in [0.15, 0.2) is 6.61 Å². The molecule has 0 bridgehead atoms. The summed E-state index contributed by atoms with van der Waals surface area (Å²) < 4.78 is 11.4. The van der Waals surface area contributed by atoms with E-state index in [1.54, 1.807) is 0 Å². The number of carbonyl (C=O) groups excluding carboxylic acids is 1. The molecule has 22 heavy (non-hydrogen) atoms. The molecule has 0 spiro atoms. The van der Waals surface area contributed by atoms with E-state index in [1.165, 1.54) is 45.2 Å². The SMILES string of the molecule is O=C1COc2cc(OC[C@@H]3CCCN4CCCC[C@H]34)ccc21. The molecule has 1 aromatic carbocycles. The molecule has 3 aliphatic rings. The molecule has 0 aliphatic carbocycles. The molecule has 3 heterocycles. The Kier molecular flexibility index (Phi) is 3.78. The van der Waals surface area contributed by atoms with Gasteiger partial charge in [0.25, 0.3) is 0 Å². The zero-order valence-corrected chi connectivity index (χ0v) is 12.9. The molecule has 118 valence electrons. The van der Waals surface area contributed by atoms with Crippen LogP contribution in [0.25, 0.3) is 0 Å². The third-order valence-corrected chi connectivity index (χ3v) is 5.30. The van der Waals surface area contributed by atoms with Gasteiger partial charge in [-0.25, -0.2) is 0 Å². The number of hydrogen-bond acceptors (Lipinski definition) is 4. The van der Waals surface area contributed by atoms with Crippen LogP contribution in [0.4, 0.5) is 0 Å². The summed E-state index contributed by atoms with van der Waals surface area (Å²) >= 11 is 0. The van der Waals surface area contributed by atoms with E-state index in [2.05, 4.69) is 4.90 Å². The highest BCUT2D eigenvalue weighted by Crippen LogP contribution is 2.33. The van der Waals surface area contributed by atoms with Crippen LogP contribution in [-0.2, 0) is 0 Å². The molecule has 2 atom stereocenters. The van der Waals surface area contributed by atoms with Gasteiger partial charge < -0.3 is 9.47 Å². The van der Waals surface area contributed by atoms with Gasteiger partial charge in [0.1, 0.15) is 11.5 Å². The molecular formula is C18H23NO3. The number of carbonyl (C=O) groups is 1. The second-order valence-corrected chi connectivity index (χ2v) is 6.68. The van der Waals surface area contributed by atoms with Crippen molar-refractivity contribution >= 4 is 5.78 Å². The first-order valence-corrected chi connectivity index (χ1v) is 8.48. The quantitative estimate of drug-likeness (QED) is 0.860. The van der Waals surface area contributed by atoms with Gasteiger partial charge in [-0.15, -0.1) is 0 Å². The maximum Gasteiger partial charge on any atom is 0.203 e. The normalized spacial score (nSPS) is 27.9. The molecule has 2 fully saturated rings. The molecule has 4 nitrogen and oxygen atoms in total. The Hall–Kier alpha value is -1.55. The maximum absolute atomic E-state index is 11.6. The van der Waals surface area contributed by atoms with Crippen molar-refractivity contribution in [1.29, 1.82) is 0 Å². The lowest BCUT2D eigenvalue weighted by atomic mass is 9.84. The Bertz CT molecular complexity index is 569. The minimum atomic E-state index is 0.0617. The van der Waals surface area contributed by atoms with Gasteiger partial charge in [-0.05, 0) is 50.9 Å². The van der Waals surface area contributed by atoms with Crippen LogP contribution >= 0.6 is 0 Å². The van der Waals surface area contributed by atoms with E-state index < -0.39 is 0 Å². The number of ketones is 1. The van der Waals surface area contributed by atoms with Crippen LogP contribution in [0.3, 0.4) is 0 Å². The lowest BCUT2D eigenvalue weighted by molar-refractivity contribution is 0.0366. The number of piperidine rings is 2. The number of fused-ring (bicyclic) bond motifs is 2. The molecule has 4 rings (SSSR count). The Morgan fingerprint density at radius 3 is 3.05 bits per heavy atom. The largest absolute Gasteiger partial charge is 0.493 e. The molecular weight excluding hydrogens is 278 g/mol. The highest BCUT2D eigenvalue weighted by atomic mass is 16.5. The third-order valence-electron chi connectivity index (χ3n) is 5.30. The van der Waals surface area contributed by atoms with E-state index in [-0.39, 0.29) is 12.4 Å². The fourth-order valence-corrected chi connectivity index (χ4v) is 4.14. The van der Waals surface area contributed by atoms with Crippen LogP contribution in [0, 0.1) is 5.92 Å². The summed E-state index contributed by atoms with van der Waals surface area (Å²) in [6.07, 6.45) is 6.57. The summed E-state index contributed by atoms with van der Waals surface area (Å²) in [6, 6.07) is 6.29. The van der Waals surface area contributed by atoms with Crippen LogP contribution in [0.5, 0.6) is 11.5 Å². The fraction of sp³-hybridized carbons (Fsp3) is 0.611. The summed E-state index contributed by atoms with van der Waals surface area (Å²) in [5.41, 5.74) is 0.684. The molecule has 3 aliphatic heterocycles. The zero-order chi connectivity index (χ0) is 14.9. The first-order valence-electron chi connectivity index (χ1n) is 8.48. The van der Waals surface area contributed by atoms with Crippen molar-refractivity contribution in [2.24, 2.45) is 5.92 Å². The van der Waals surface area contributed by atoms with Crippen LogP contribution in [0.15, 0.2) is 18.2 Å². The maximum atomic E-state index is 11.6. The van der Waals surface area contributed by atoms with E-state index in [0.717, 1.165) is 12.4 Å². The summed E-state index contributed by atoms with van der Waals surface area (Å²) in [4.78, 5) is 14.2. The Morgan fingerprint density at radius 2 is 2.09 bits per heavy atom. The highest BCUT2D eigenvalue weighted by molar-refractivity contribution is 6.02. The van der Waals surface area contributed by atoms with Gasteiger partial charge in [-0.2, -0.15) is 0 Å². The minimum Gasteiger partial charge on any atom is -0.493 e. The van der Waals surface area contributed by atoms with Gasteiger partial charge in [0.2, 0.25) is 5.78 Å². The lowest BCUT2D eigenvalue weighted by Crippen LogP contribution is -2.49. The molecule has 4 heteroatoms. The molecule has 0 unspecified atom stereocenters. The summed E-state index contributed by atoms with van der Waals surface area (Å²) in [5.74, 6) is 2.18.